The van der Waals surface area contributed by atoms with Crippen LogP contribution in [-0.2, 0) is 6.18 Å². The second-order valence-electron chi connectivity index (χ2n) is 5.57. The van der Waals surface area contributed by atoms with Gasteiger partial charge in [0, 0.05) is 29.4 Å². The summed E-state index contributed by atoms with van der Waals surface area (Å²) in [6, 6.07) is 5.81. The second-order valence-corrected chi connectivity index (χ2v) is 5.57. The summed E-state index contributed by atoms with van der Waals surface area (Å²) in [5.74, 6) is 0.0948. The van der Waals surface area contributed by atoms with Gasteiger partial charge in [0.2, 0.25) is 0 Å². The van der Waals surface area contributed by atoms with Gasteiger partial charge >= 0.3 is 12.3 Å². The normalized spacial score (nSPS) is 14.1. The van der Waals surface area contributed by atoms with Crippen molar-refractivity contribution in [3.8, 4) is 0 Å². The summed E-state index contributed by atoms with van der Waals surface area (Å²) >= 11 is 0. The van der Waals surface area contributed by atoms with E-state index in [9.17, 15) is 18.0 Å². The van der Waals surface area contributed by atoms with Crippen molar-refractivity contribution in [2.75, 3.05) is 5.32 Å². The van der Waals surface area contributed by atoms with Gasteiger partial charge in [-0.15, -0.1) is 0 Å². The molecular formula is C18H13F3N4O2. The lowest BCUT2D eigenvalue weighted by molar-refractivity contribution is -0.141. The van der Waals surface area contributed by atoms with Crippen molar-refractivity contribution in [1.82, 2.24) is 15.3 Å². The van der Waals surface area contributed by atoms with Gasteiger partial charge in [-0.2, -0.15) is 13.2 Å². The van der Waals surface area contributed by atoms with Gasteiger partial charge in [-0.05, 0) is 47.6 Å². The Kier molecular flexibility index (Phi) is 4.68. The summed E-state index contributed by atoms with van der Waals surface area (Å²) < 4.78 is 39.8. The molecule has 9 heteroatoms. The van der Waals surface area contributed by atoms with E-state index in [-0.39, 0.29) is 17.1 Å². The van der Waals surface area contributed by atoms with Crippen molar-refractivity contribution >= 4 is 23.2 Å². The molecule has 3 rings (SSSR count). The first-order valence-electron chi connectivity index (χ1n) is 7.62. The van der Waals surface area contributed by atoms with Crippen LogP contribution in [0.15, 0.2) is 61.1 Å². The quantitative estimate of drug-likeness (QED) is 0.752. The summed E-state index contributed by atoms with van der Waals surface area (Å²) in [5, 5.41) is 13.7. The molecule has 0 unspecified atom stereocenters. The van der Waals surface area contributed by atoms with Crippen LogP contribution in [0.4, 0.5) is 23.8 Å². The van der Waals surface area contributed by atoms with E-state index in [0.717, 1.165) is 6.20 Å². The molecule has 2 aromatic rings. The summed E-state index contributed by atoms with van der Waals surface area (Å²) in [7, 11) is 0. The molecule has 27 heavy (non-hydrogen) atoms. The molecule has 3 N–H and O–H groups in total. The van der Waals surface area contributed by atoms with E-state index in [1.807, 2.05) is 0 Å². The van der Waals surface area contributed by atoms with Gasteiger partial charge in [0.1, 0.15) is 5.82 Å². The summed E-state index contributed by atoms with van der Waals surface area (Å²) in [6.07, 6.45) is -0.270. The minimum absolute atomic E-state index is 0.0948. The zero-order chi connectivity index (χ0) is 19.6. The Morgan fingerprint density at radius 1 is 1.19 bits per heavy atom. The van der Waals surface area contributed by atoms with Crippen LogP contribution in [0.25, 0.3) is 11.3 Å². The van der Waals surface area contributed by atoms with Crippen LogP contribution >= 0.6 is 0 Å². The number of anilines is 1. The smallest absolute Gasteiger partial charge is 0.434 e. The van der Waals surface area contributed by atoms with Crippen LogP contribution < -0.4 is 10.6 Å². The molecule has 0 atom stereocenters. The number of nitrogens with one attached hydrogen (secondary N) is 2. The molecule has 0 aliphatic carbocycles. The number of hydrogen-bond acceptors (Lipinski definition) is 4. The number of carbonyl (C=O) groups is 1. The molecule has 6 nitrogen and oxygen atoms in total. The van der Waals surface area contributed by atoms with E-state index >= 15 is 0 Å². The minimum atomic E-state index is -4.61. The lowest BCUT2D eigenvalue weighted by atomic mass is 9.98. The predicted octanol–water partition coefficient (Wildman–Crippen LogP) is 4.13. The number of rotatable bonds is 3. The fourth-order valence-corrected chi connectivity index (χ4v) is 2.58. The van der Waals surface area contributed by atoms with Crippen molar-refractivity contribution in [1.29, 1.82) is 0 Å². The lowest BCUT2D eigenvalue weighted by Crippen LogP contribution is -2.19. The first-order chi connectivity index (χ1) is 12.7. The fourth-order valence-electron chi connectivity index (χ4n) is 2.58. The first kappa shape index (κ1) is 18.2. The average molecular weight is 374 g/mol. The van der Waals surface area contributed by atoms with Gasteiger partial charge in [0.15, 0.2) is 5.69 Å². The number of halogens is 3. The predicted molar refractivity (Wildman–Crippen MR) is 93.4 cm³/mol. The number of dihydropyridines is 1. The third-order valence-electron chi connectivity index (χ3n) is 3.62. The number of hydrogen-bond donors (Lipinski definition) is 3. The number of alkyl halides is 3. The van der Waals surface area contributed by atoms with Gasteiger partial charge in [-0.25, -0.2) is 9.78 Å². The number of nitrogens with zero attached hydrogens (tertiary/aromatic N) is 2. The molecule has 0 bridgehead atoms. The third-order valence-corrected chi connectivity index (χ3v) is 3.62. The standard InChI is InChI=1S/C18H13F3N4O2/c1-10-7-12(11-4-6-22-15(9-11)25-17(26)27)8-14(24-10)13-3-2-5-23-16(13)18(19,20)21/h2-9,24H,1H2,(H,22,25)(H,26,27). The van der Waals surface area contributed by atoms with E-state index < -0.39 is 18.0 Å². The Bertz CT molecular complexity index is 981. The Morgan fingerprint density at radius 3 is 2.67 bits per heavy atom. The molecule has 0 spiro atoms. The molecule has 1 aliphatic heterocycles. The Labute approximate surface area is 151 Å². The van der Waals surface area contributed by atoms with Crippen LogP contribution in [0.3, 0.4) is 0 Å². The van der Waals surface area contributed by atoms with Crippen LogP contribution in [-0.4, -0.2) is 21.2 Å². The molecule has 1 amide bonds. The minimum Gasteiger partial charge on any atom is -0.465 e. The molecule has 0 saturated heterocycles. The number of carboxylic acid groups (broad SMARTS) is 1. The Morgan fingerprint density at radius 2 is 1.96 bits per heavy atom. The number of allylic oxidation sites excluding steroid dienone is 3. The van der Waals surface area contributed by atoms with Crippen molar-refractivity contribution in [2.24, 2.45) is 0 Å². The molecule has 0 radical (unpaired) electrons. The van der Waals surface area contributed by atoms with E-state index in [0.29, 0.717) is 16.8 Å². The van der Waals surface area contributed by atoms with E-state index in [2.05, 4.69) is 27.2 Å². The lowest BCUT2D eigenvalue weighted by Gasteiger charge is -2.21. The van der Waals surface area contributed by atoms with E-state index in [4.69, 9.17) is 5.11 Å². The van der Waals surface area contributed by atoms with Crippen molar-refractivity contribution in [3.63, 3.8) is 0 Å². The molecule has 0 saturated carbocycles. The van der Waals surface area contributed by atoms with Gasteiger partial charge in [0.05, 0.1) is 0 Å². The molecule has 1 aliphatic rings. The second kappa shape index (κ2) is 6.94. The monoisotopic (exact) mass is 374 g/mol. The fraction of sp³-hybridized carbons (Fsp3) is 0.0556. The maximum absolute atomic E-state index is 13.3. The highest BCUT2D eigenvalue weighted by Gasteiger charge is 2.36. The third kappa shape index (κ3) is 4.14. The van der Waals surface area contributed by atoms with Crippen molar-refractivity contribution in [3.05, 3.63) is 77.9 Å². The maximum atomic E-state index is 13.3. The zero-order valence-electron chi connectivity index (χ0n) is 13.7. The maximum Gasteiger partial charge on any atom is 0.434 e. The van der Waals surface area contributed by atoms with Gasteiger partial charge < -0.3 is 10.4 Å². The highest BCUT2D eigenvalue weighted by molar-refractivity contribution is 5.89. The highest BCUT2D eigenvalue weighted by Crippen LogP contribution is 2.35. The van der Waals surface area contributed by atoms with Gasteiger partial charge in [-0.1, -0.05) is 6.58 Å². The summed E-state index contributed by atoms with van der Waals surface area (Å²) in [4.78, 5) is 18.1. The zero-order valence-corrected chi connectivity index (χ0v) is 13.7. The Balaban J connectivity index is 2.04. The molecule has 2 aromatic heterocycles. The topological polar surface area (TPSA) is 87.1 Å². The summed E-state index contributed by atoms with van der Waals surface area (Å²) in [5.41, 5.74) is 0.537. The molecule has 138 valence electrons. The SMILES string of the molecule is C=C1C=C(c2ccnc(NC(=O)O)c2)C=C(c2cccnc2C(F)(F)F)N1. The van der Waals surface area contributed by atoms with E-state index in [1.54, 1.807) is 12.1 Å². The molecule has 3 heterocycles. The largest absolute Gasteiger partial charge is 0.465 e. The van der Waals surface area contributed by atoms with E-state index in [1.165, 1.54) is 30.5 Å². The molecule has 0 fully saturated rings. The van der Waals surface area contributed by atoms with Crippen molar-refractivity contribution in [2.45, 2.75) is 6.18 Å². The number of pyridine rings is 2. The number of aromatic nitrogens is 2. The Hall–Kier alpha value is -3.62. The van der Waals surface area contributed by atoms with Crippen LogP contribution in [0.1, 0.15) is 16.8 Å². The molecular weight excluding hydrogens is 361 g/mol. The van der Waals surface area contributed by atoms with Crippen LogP contribution in [0.5, 0.6) is 0 Å². The van der Waals surface area contributed by atoms with Crippen molar-refractivity contribution < 1.29 is 23.1 Å². The first-order valence-corrected chi connectivity index (χ1v) is 7.62. The van der Waals surface area contributed by atoms with Gasteiger partial charge in [0.25, 0.3) is 0 Å². The van der Waals surface area contributed by atoms with Gasteiger partial charge in [-0.3, -0.25) is 10.3 Å². The summed E-state index contributed by atoms with van der Waals surface area (Å²) in [6.45, 7) is 3.77. The van der Waals surface area contributed by atoms with Crippen LogP contribution in [0, 0.1) is 0 Å². The highest BCUT2D eigenvalue weighted by atomic mass is 19.4. The number of amides is 1. The molecule has 0 aromatic carbocycles. The average Bonchev–Trinajstić information content (AvgIpc) is 2.60. The van der Waals surface area contributed by atoms with Crippen LogP contribution in [0.2, 0.25) is 0 Å².